The van der Waals surface area contributed by atoms with Gasteiger partial charge in [0.05, 0.1) is 5.56 Å². The first-order valence-corrected chi connectivity index (χ1v) is 8.97. The van der Waals surface area contributed by atoms with Gasteiger partial charge < -0.3 is 9.64 Å². The molecule has 0 atom stereocenters. The van der Waals surface area contributed by atoms with Crippen molar-refractivity contribution < 1.29 is 14.3 Å². The van der Waals surface area contributed by atoms with Crippen molar-refractivity contribution in [3.63, 3.8) is 0 Å². The molecule has 0 aromatic heterocycles. The van der Waals surface area contributed by atoms with E-state index < -0.39 is 0 Å². The Labute approximate surface area is 154 Å². The standard InChI is InChI=1S/C21H24N2O3/c24-16-19-8-4-5-9-20(19)26-17-21(25)23-14-12-22(13-15-23)11-10-18-6-2-1-3-7-18/h1-9,16H,10-15,17H2. The molecule has 1 fully saturated rings. The van der Waals surface area contributed by atoms with Crippen LogP contribution in [0.1, 0.15) is 15.9 Å². The van der Waals surface area contributed by atoms with E-state index in [1.807, 2.05) is 11.0 Å². The minimum Gasteiger partial charge on any atom is -0.483 e. The van der Waals surface area contributed by atoms with E-state index in [4.69, 9.17) is 4.74 Å². The monoisotopic (exact) mass is 352 g/mol. The van der Waals surface area contributed by atoms with Crippen molar-refractivity contribution in [2.45, 2.75) is 6.42 Å². The molecule has 1 heterocycles. The lowest BCUT2D eigenvalue weighted by Crippen LogP contribution is -2.50. The largest absolute Gasteiger partial charge is 0.483 e. The van der Waals surface area contributed by atoms with Gasteiger partial charge in [-0.2, -0.15) is 0 Å². The van der Waals surface area contributed by atoms with Gasteiger partial charge in [0.25, 0.3) is 5.91 Å². The highest BCUT2D eigenvalue weighted by atomic mass is 16.5. The Morgan fingerprint density at radius 1 is 0.962 bits per heavy atom. The second-order valence-corrected chi connectivity index (χ2v) is 6.40. The topological polar surface area (TPSA) is 49.9 Å². The van der Waals surface area contributed by atoms with Crippen molar-refractivity contribution in [1.29, 1.82) is 0 Å². The lowest BCUT2D eigenvalue weighted by Gasteiger charge is -2.34. The van der Waals surface area contributed by atoms with Crippen molar-refractivity contribution in [2.24, 2.45) is 0 Å². The van der Waals surface area contributed by atoms with Crippen LogP contribution in [0.4, 0.5) is 0 Å². The van der Waals surface area contributed by atoms with Crippen molar-refractivity contribution in [2.75, 3.05) is 39.3 Å². The molecule has 0 saturated carbocycles. The first-order chi connectivity index (χ1) is 12.8. The zero-order valence-electron chi connectivity index (χ0n) is 14.8. The van der Waals surface area contributed by atoms with Gasteiger partial charge in [-0.1, -0.05) is 42.5 Å². The number of aldehydes is 1. The minimum absolute atomic E-state index is 0.0329. The Bertz CT molecular complexity index is 725. The van der Waals surface area contributed by atoms with Crippen LogP contribution in [-0.2, 0) is 11.2 Å². The summed E-state index contributed by atoms with van der Waals surface area (Å²) >= 11 is 0. The molecule has 0 spiro atoms. The SMILES string of the molecule is O=Cc1ccccc1OCC(=O)N1CCN(CCc2ccccc2)CC1. The fraction of sp³-hybridized carbons (Fsp3) is 0.333. The molecule has 2 aromatic carbocycles. The average molecular weight is 352 g/mol. The summed E-state index contributed by atoms with van der Waals surface area (Å²) in [5, 5.41) is 0. The van der Waals surface area contributed by atoms with Gasteiger partial charge in [0.2, 0.25) is 0 Å². The predicted molar refractivity (Wildman–Crippen MR) is 100 cm³/mol. The van der Waals surface area contributed by atoms with Crippen molar-refractivity contribution in [3.8, 4) is 5.75 Å². The fourth-order valence-corrected chi connectivity index (χ4v) is 3.09. The second kappa shape index (κ2) is 9.15. The highest BCUT2D eigenvalue weighted by molar-refractivity contribution is 5.80. The zero-order valence-corrected chi connectivity index (χ0v) is 14.8. The summed E-state index contributed by atoms with van der Waals surface area (Å²) in [6, 6.07) is 17.4. The molecule has 0 aliphatic carbocycles. The Morgan fingerprint density at radius 2 is 1.65 bits per heavy atom. The highest BCUT2D eigenvalue weighted by Crippen LogP contribution is 2.15. The van der Waals surface area contributed by atoms with Crippen LogP contribution in [0.5, 0.6) is 5.75 Å². The number of para-hydroxylation sites is 1. The van der Waals surface area contributed by atoms with Crippen LogP contribution in [0.2, 0.25) is 0 Å². The van der Waals surface area contributed by atoms with Crippen LogP contribution in [-0.4, -0.2) is 61.3 Å². The molecular weight excluding hydrogens is 328 g/mol. The molecule has 1 amide bonds. The summed E-state index contributed by atoms with van der Waals surface area (Å²) < 4.78 is 5.54. The van der Waals surface area contributed by atoms with Crippen molar-refractivity contribution >= 4 is 12.2 Å². The van der Waals surface area contributed by atoms with Crippen LogP contribution < -0.4 is 4.74 Å². The third-order valence-electron chi connectivity index (χ3n) is 4.68. The first-order valence-electron chi connectivity index (χ1n) is 8.97. The van der Waals surface area contributed by atoms with E-state index in [9.17, 15) is 9.59 Å². The first kappa shape index (κ1) is 18.1. The van der Waals surface area contributed by atoms with Gasteiger partial charge in [-0.3, -0.25) is 14.5 Å². The molecule has 0 unspecified atom stereocenters. The fourth-order valence-electron chi connectivity index (χ4n) is 3.09. The maximum atomic E-state index is 12.4. The number of rotatable bonds is 7. The average Bonchev–Trinajstić information content (AvgIpc) is 2.72. The van der Waals surface area contributed by atoms with Gasteiger partial charge in [-0.15, -0.1) is 0 Å². The van der Waals surface area contributed by atoms with Crippen LogP contribution in [0, 0.1) is 0 Å². The molecule has 2 aromatic rings. The Morgan fingerprint density at radius 3 is 2.38 bits per heavy atom. The summed E-state index contributed by atoms with van der Waals surface area (Å²) in [5.74, 6) is 0.422. The van der Waals surface area contributed by atoms with Gasteiger partial charge in [-0.25, -0.2) is 0 Å². The molecular formula is C21H24N2O3. The van der Waals surface area contributed by atoms with E-state index in [-0.39, 0.29) is 12.5 Å². The van der Waals surface area contributed by atoms with Crippen LogP contribution in [0.25, 0.3) is 0 Å². The van der Waals surface area contributed by atoms with Crippen molar-refractivity contribution in [3.05, 3.63) is 65.7 Å². The molecule has 3 rings (SSSR count). The predicted octanol–water partition coefficient (Wildman–Crippen LogP) is 2.26. The number of hydrogen-bond acceptors (Lipinski definition) is 4. The quantitative estimate of drug-likeness (QED) is 0.718. The molecule has 5 heteroatoms. The Kier molecular flexibility index (Phi) is 6.39. The van der Waals surface area contributed by atoms with Gasteiger partial charge in [0.15, 0.2) is 12.9 Å². The normalized spacial score (nSPS) is 14.8. The maximum Gasteiger partial charge on any atom is 0.260 e. The third-order valence-corrected chi connectivity index (χ3v) is 4.68. The van der Waals surface area contributed by atoms with Crippen molar-refractivity contribution in [1.82, 2.24) is 9.80 Å². The van der Waals surface area contributed by atoms with E-state index in [2.05, 4.69) is 29.2 Å². The van der Waals surface area contributed by atoms with E-state index in [1.54, 1.807) is 24.3 Å². The number of piperazine rings is 1. The number of carbonyl (C=O) groups is 2. The van der Waals surface area contributed by atoms with Crippen LogP contribution in [0.15, 0.2) is 54.6 Å². The van der Waals surface area contributed by atoms with Crippen LogP contribution in [0.3, 0.4) is 0 Å². The smallest absolute Gasteiger partial charge is 0.260 e. The van der Waals surface area contributed by atoms with Gasteiger partial charge in [-0.05, 0) is 24.1 Å². The van der Waals surface area contributed by atoms with Gasteiger partial charge in [0, 0.05) is 32.7 Å². The maximum absolute atomic E-state index is 12.4. The molecule has 0 radical (unpaired) electrons. The van der Waals surface area contributed by atoms with E-state index >= 15 is 0 Å². The molecule has 136 valence electrons. The number of ether oxygens (including phenoxy) is 1. The summed E-state index contributed by atoms with van der Waals surface area (Å²) in [4.78, 5) is 27.6. The number of nitrogens with zero attached hydrogens (tertiary/aromatic N) is 2. The summed E-state index contributed by atoms with van der Waals surface area (Å²) in [6.45, 7) is 4.16. The summed E-state index contributed by atoms with van der Waals surface area (Å²) in [5.41, 5.74) is 1.80. The molecule has 0 N–H and O–H groups in total. The molecule has 1 aliphatic rings. The van der Waals surface area contributed by atoms with E-state index in [1.165, 1.54) is 5.56 Å². The number of amides is 1. The van der Waals surface area contributed by atoms with Gasteiger partial charge >= 0.3 is 0 Å². The van der Waals surface area contributed by atoms with Gasteiger partial charge in [0.1, 0.15) is 5.75 Å². The highest BCUT2D eigenvalue weighted by Gasteiger charge is 2.21. The molecule has 1 saturated heterocycles. The Balaban J connectivity index is 1.41. The Hall–Kier alpha value is -2.66. The van der Waals surface area contributed by atoms with E-state index in [0.29, 0.717) is 24.4 Å². The summed E-state index contributed by atoms with van der Waals surface area (Å²) in [6.07, 6.45) is 1.77. The number of hydrogen-bond donors (Lipinski definition) is 0. The molecule has 0 bridgehead atoms. The number of carbonyl (C=O) groups excluding carboxylic acids is 2. The second-order valence-electron chi connectivity index (χ2n) is 6.40. The van der Waals surface area contributed by atoms with Crippen LogP contribution >= 0.6 is 0 Å². The third kappa shape index (κ3) is 4.92. The number of benzene rings is 2. The summed E-state index contributed by atoms with van der Waals surface area (Å²) in [7, 11) is 0. The lowest BCUT2D eigenvalue weighted by molar-refractivity contribution is -0.135. The lowest BCUT2D eigenvalue weighted by atomic mass is 10.1. The molecule has 26 heavy (non-hydrogen) atoms. The zero-order chi connectivity index (χ0) is 18.2. The van der Waals surface area contributed by atoms with E-state index in [0.717, 1.165) is 32.3 Å². The minimum atomic E-state index is -0.0339. The molecule has 5 nitrogen and oxygen atoms in total. The molecule has 1 aliphatic heterocycles.